The maximum absolute atomic E-state index is 11.8. The molecule has 1 aromatic rings. The second kappa shape index (κ2) is 8.70. The van der Waals surface area contributed by atoms with E-state index in [0.29, 0.717) is 19.0 Å². The fourth-order valence-electron chi connectivity index (χ4n) is 2.53. The summed E-state index contributed by atoms with van der Waals surface area (Å²) in [5.74, 6) is 0.647. The van der Waals surface area contributed by atoms with Crippen LogP contribution in [0, 0.1) is 5.92 Å². The zero-order valence-corrected chi connectivity index (χ0v) is 13.4. The Morgan fingerprint density at radius 1 is 1.45 bits per heavy atom. The molecule has 122 valence electrons. The van der Waals surface area contributed by atoms with E-state index >= 15 is 0 Å². The number of nitrogens with zero attached hydrogens (tertiary/aromatic N) is 2. The first-order valence-corrected chi connectivity index (χ1v) is 7.89. The zero-order valence-electron chi connectivity index (χ0n) is 13.4. The molecule has 0 aromatic carbocycles. The molecule has 1 atom stereocenters. The summed E-state index contributed by atoms with van der Waals surface area (Å²) in [5.41, 5.74) is 0.842. The summed E-state index contributed by atoms with van der Waals surface area (Å²) in [7, 11) is 0. The number of ether oxygens (including phenoxy) is 1. The molecule has 2 amide bonds. The molecule has 0 spiro atoms. The lowest BCUT2D eigenvalue weighted by atomic mass is 10.2. The molecule has 1 aliphatic heterocycles. The van der Waals surface area contributed by atoms with Gasteiger partial charge in [-0.3, -0.25) is 9.88 Å². The Hall–Kier alpha value is -1.66. The van der Waals surface area contributed by atoms with E-state index in [-0.39, 0.29) is 12.1 Å². The number of urea groups is 1. The van der Waals surface area contributed by atoms with Crippen molar-refractivity contribution in [1.29, 1.82) is 0 Å². The van der Waals surface area contributed by atoms with Gasteiger partial charge >= 0.3 is 6.03 Å². The standard InChI is InChI=1S/C16H26N4O2/c1-13(2)11-20-7-8-22-15(12-20)10-19-16(21)18-9-14-5-3-4-6-17-14/h3-6,13,15H,7-12H2,1-2H3,(H2,18,19,21). The van der Waals surface area contributed by atoms with Crippen LogP contribution in [0.2, 0.25) is 0 Å². The molecule has 0 saturated carbocycles. The van der Waals surface area contributed by atoms with Crippen molar-refractivity contribution in [3.8, 4) is 0 Å². The number of nitrogens with one attached hydrogen (secondary N) is 2. The number of carbonyl (C=O) groups is 1. The van der Waals surface area contributed by atoms with Crippen molar-refractivity contribution >= 4 is 6.03 Å². The lowest BCUT2D eigenvalue weighted by molar-refractivity contribution is -0.0290. The molecular weight excluding hydrogens is 280 g/mol. The predicted molar refractivity (Wildman–Crippen MR) is 85.5 cm³/mol. The van der Waals surface area contributed by atoms with Crippen molar-refractivity contribution in [3.05, 3.63) is 30.1 Å². The summed E-state index contributed by atoms with van der Waals surface area (Å²) in [6, 6.07) is 5.46. The fourth-order valence-corrected chi connectivity index (χ4v) is 2.53. The van der Waals surface area contributed by atoms with Crippen LogP contribution in [-0.2, 0) is 11.3 Å². The highest BCUT2D eigenvalue weighted by Gasteiger charge is 2.21. The summed E-state index contributed by atoms with van der Waals surface area (Å²) in [6.45, 7) is 9.04. The quantitative estimate of drug-likeness (QED) is 0.830. The summed E-state index contributed by atoms with van der Waals surface area (Å²) >= 11 is 0. The van der Waals surface area contributed by atoms with Crippen molar-refractivity contribution in [1.82, 2.24) is 20.5 Å². The third-order valence-electron chi connectivity index (χ3n) is 3.49. The molecule has 1 aromatic heterocycles. The summed E-state index contributed by atoms with van der Waals surface area (Å²) in [4.78, 5) is 18.4. The summed E-state index contributed by atoms with van der Waals surface area (Å²) in [5, 5.41) is 5.67. The van der Waals surface area contributed by atoms with E-state index in [4.69, 9.17) is 4.74 Å². The molecule has 6 heteroatoms. The predicted octanol–water partition coefficient (Wildman–Crippen LogP) is 1.24. The van der Waals surface area contributed by atoms with Crippen LogP contribution in [0.15, 0.2) is 24.4 Å². The molecule has 1 fully saturated rings. The minimum Gasteiger partial charge on any atom is -0.374 e. The lowest BCUT2D eigenvalue weighted by Gasteiger charge is -2.33. The van der Waals surface area contributed by atoms with Gasteiger partial charge in [-0.1, -0.05) is 19.9 Å². The van der Waals surface area contributed by atoms with Crippen LogP contribution in [0.25, 0.3) is 0 Å². The van der Waals surface area contributed by atoms with E-state index in [1.54, 1.807) is 6.20 Å². The van der Waals surface area contributed by atoms with Gasteiger partial charge in [0, 0.05) is 32.4 Å². The number of rotatable bonds is 6. The number of pyridine rings is 1. The summed E-state index contributed by atoms with van der Waals surface area (Å²) < 4.78 is 5.71. The van der Waals surface area contributed by atoms with Gasteiger partial charge in [-0.15, -0.1) is 0 Å². The Morgan fingerprint density at radius 2 is 2.32 bits per heavy atom. The molecule has 2 heterocycles. The Balaban J connectivity index is 1.65. The van der Waals surface area contributed by atoms with E-state index in [2.05, 4.69) is 34.4 Å². The van der Waals surface area contributed by atoms with Crippen molar-refractivity contribution < 1.29 is 9.53 Å². The van der Waals surface area contributed by atoms with E-state index in [9.17, 15) is 4.79 Å². The monoisotopic (exact) mass is 306 g/mol. The second-order valence-electron chi connectivity index (χ2n) is 6.03. The van der Waals surface area contributed by atoms with Gasteiger partial charge in [-0.05, 0) is 18.1 Å². The first kappa shape index (κ1) is 16.7. The van der Waals surface area contributed by atoms with Gasteiger partial charge in [-0.2, -0.15) is 0 Å². The highest BCUT2D eigenvalue weighted by atomic mass is 16.5. The molecule has 0 bridgehead atoms. The molecular formula is C16H26N4O2. The van der Waals surface area contributed by atoms with Crippen molar-refractivity contribution in [3.63, 3.8) is 0 Å². The third-order valence-corrected chi connectivity index (χ3v) is 3.49. The molecule has 0 aliphatic carbocycles. The molecule has 1 unspecified atom stereocenters. The van der Waals surface area contributed by atoms with Crippen molar-refractivity contribution in [2.75, 3.05) is 32.8 Å². The van der Waals surface area contributed by atoms with Crippen molar-refractivity contribution in [2.24, 2.45) is 5.92 Å². The van der Waals surface area contributed by atoms with Gasteiger partial charge in [0.05, 0.1) is 24.9 Å². The lowest BCUT2D eigenvalue weighted by Crippen LogP contribution is -2.49. The minimum absolute atomic E-state index is 0.0631. The average Bonchev–Trinajstić information content (AvgIpc) is 2.52. The minimum atomic E-state index is -0.185. The average molecular weight is 306 g/mol. The molecule has 2 N–H and O–H groups in total. The number of carbonyl (C=O) groups excluding carboxylic acids is 1. The molecule has 0 radical (unpaired) electrons. The Kier molecular flexibility index (Phi) is 6.61. The number of morpholine rings is 1. The van der Waals surface area contributed by atoms with Crippen LogP contribution in [0.3, 0.4) is 0 Å². The van der Waals surface area contributed by atoms with Gasteiger partial charge in [0.2, 0.25) is 0 Å². The topological polar surface area (TPSA) is 66.5 Å². The van der Waals surface area contributed by atoms with Crippen LogP contribution in [-0.4, -0.2) is 54.8 Å². The maximum atomic E-state index is 11.8. The van der Waals surface area contributed by atoms with Crippen LogP contribution in [0.4, 0.5) is 4.79 Å². The third kappa shape index (κ3) is 5.99. The first-order chi connectivity index (χ1) is 10.6. The van der Waals surface area contributed by atoms with E-state index in [1.807, 2.05) is 18.2 Å². The van der Waals surface area contributed by atoms with E-state index in [1.165, 1.54) is 0 Å². The maximum Gasteiger partial charge on any atom is 0.315 e. The number of hydrogen-bond acceptors (Lipinski definition) is 4. The van der Waals surface area contributed by atoms with E-state index in [0.717, 1.165) is 31.9 Å². The first-order valence-electron chi connectivity index (χ1n) is 7.89. The summed E-state index contributed by atoms with van der Waals surface area (Å²) in [6.07, 6.45) is 1.78. The molecule has 6 nitrogen and oxygen atoms in total. The highest BCUT2D eigenvalue weighted by molar-refractivity contribution is 5.73. The smallest absolute Gasteiger partial charge is 0.315 e. The van der Waals surface area contributed by atoms with Crippen LogP contribution in [0.5, 0.6) is 0 Å². The number of hydrogen-bond donors (Lipinski definition) is 2. The Morgan fingerprint density at radius 3 is 3.05 bits per heavy atom. The molecule has 22 heavy (non-hydrogen) atoms. The number of aromatic nitrogens is 1. The van der Waals surface area contributed by atoms with Crippen LogP contribution >= 0.6 is 0 Å². The SMILES string of the molecule is CC(C)CN1CCOC(CNC(=O)NCc2ccccn2)C1. The van der Waals surface area contributed by atoms with Crippen LogP contribution < -0.4 is 10.6 Å². The highest BCUT2D eigenvalue weighted by Crippen LogP contribution is 2.07. The Labute approximate surface area is 132 Å². The normalized spacial score (nSPS) is 19.1. The van der Waals surface area contributed by atoms with Gasteiger partial charge in [0.25, 0.3) is 0 Å². The molecule has 1 saturated heterocycles. The van der Waals surface area contributed by atoms with Gasteiger partial charge < -0.3 is 15.4 Å². The van der Waals surface area contributed by atoms with Gasteiger partial charge in [-0.25, -0.2) is 4.79 Å². The van der Waals surface area contributed by atoms with Crippen LogP contribution in [0.1, 0.15) is 19.5 Å². The largest absolute Gasteiger partial charge is 0.374 e. The number of amides is 2. The van der Waals surface area contributed by atoms with Crippen molar-refractivity contribution in [2.45, 2.75) is 26.5 Å². The molecule has 1 aliphatic rings. The zero-order chi connectivity index (χ0) is 15.8. The molecule has 2 rings (SSSR count). The fraction of sp³-hybridized carbons (Fsp3) is 0.625. The van der Waals surface area contributed by atoms with Gasteiger partial charge in [0.1, 0.15) is 0 Å². The second-order valence-corrected chi connectivity index (χ2v) is 6.03. The van der Waals surface area contributed by atoms with Gasteiger partial charge in [0.15, 0.2) is 0 Å². The van der Waals surface area contributed by atoms with E-state index < -0.39 is 0 Å². The Bertz CT molecular complexity index is 453.